The third-order valence-corrected chi connectivity index (χ3v) is 3.62. The van der Waals surface area contributed by atoms with Crippen molar-refractivity contribution in [3.8, 4) is 0 Å². The fourth-order valence-corrected chi connectivity index (χ4v) is 2.35. The molecule has 98 valence electrons. The molecule has 19 heavy (non-hydrogen) atoms. The van der Waals surface area contributed by atoms with Gasteiger partial charge >= 0.3 is 0 Å². The monoisotopic (exact) mass is 293 g/mol. The second-order valence-corrected chi connectivity index (χ2v) is 5.05. The van der Waals surface area contributed by atoms with Crippen molar-refractivity contribution in [2.45, 2.75) is 6.54 Å². The second-order valence-electron chi connectivity index (χ2n) is 4.24. The molecular weight excluding hydrogens is 281 g/mol. The molecule has 0 spiro atoms. The summed E-state index contributed by atoms with van der Waals surface area (Å²) in [5, 5.41) is 1.17. The Kier molecular flexibility index (Phi) is 4.46. The molecule has 0 radical (unpaired) electrons. The summed E-state index contributed by atoms with van der Waals surface area (Å²) in [4.78, 5) is 13.1. The molecule has 2 aromatic carbocycles. The lowest BCUT2D eigenvalue weighted by Crippen LogP contribution is -2.18. The van der Waals surface area contributed by atoms with Crippen LogP contribution in [-0.4, -0.2) is 13.3 Å². The highest BCUT2D eigenvalue weighted by Gasteiger charge is 2.11. The first-order valence-corrected chi connectivity index (χ1v) is 6.57. The maximum absolute atomic E-state index is 11.1. The van der Waals surface area contributed by atoms with E-state index in [1.807, 2.05) is 48.3 Å². The van der Waals surface area contributed by atoms with Crippen molar-refractivity contribution in [1.29, 1.82) is 0 Å². The summed E-state index contributed by atoms with van der Waals surface area (Å²) in [6.07, 6.45) is 0.779. The summed E-state index contributed by atoms with van der Waals surface area (Å²) >= 11 is 12.2. The molecule has 2 rings (SSSR count). The number of anilines is 1. The number of benzene rings is 2. The van der Waals surface area contributed by atoms with Crippen LogP contribution in [0.1, 0.15) is 15.9 Å². The third-order valence-electron chi connectivity index (χ3n) is 2.92. The van der Waals surface area contributed by atoms with Crippen LogP contribution >= 0.6 is 23.2 Å². The van der Waals surface area contributed by atoms with Gasteiger partial charge in [-0.1, -0.05) is 47.5 Å². The SMILES string of the molecule is CN(Cc1ccccc1Cl)c1cccc(Cl)c1C=O. The Bertz CT molecular complexity index is 598. The van der Waals surface area contributed by atoms with E-state index < -0.39 is 0 Å². The smallest absolute Gasteiger partial charge is 0.153 e. The van der Waals surface area contributed by atoms with Crippen LogP contribution in [0, 0.1) is 0 Å². The van der Waals surface area contributed by atoms with Crippen molar-refractivity contribution in [3.05, 3.63) is 63.6 Å². The second kappa shape index (κ2) is 6.09. The van der Waals surface area contributed by atoms with Crippen LogP contribution in [0.3, 0.4) is 0 Å². The molecule has 0 saturated heterocycles. The first-order valence-electron chi connectivity index (χ1n) is 5.81. The van der Waals surface area contributed by atoms with Crippen molar-refractivity contribution < 1.29 is 4.79 Å². The van der Waals surface area contributed by atoms with E-state index in [2.05, 4.69) is 0 Å². The molecule has 0 aliphatic heterocycles. The lowest BCUT2D eigenvalue weighted by Gasteiger charge is -2.22. The van der Waals surface area contributed by atoms with Crippen molar-refractivity contribution in [2.24, 2.45) is 0 Å². The summed E-state index contributed by atoms with van der Waals surface area (Å²) in [6, 6.07) is 13.0. The van der Waals surface area contributed by atoms with E-state index in [9.17, 15) is 4.79 Å². The first kappa shape index (κ1) is 13.9. The molecule has 0 N–H and O–H groups in total. The Morgan fingerprint density at radius 1 is 1.05 bits per heavy atom. The summed E-state index contributed by atoms with van der Waals surface area (Å²) in [5.74, 6) is 0. The van der Waals surface area contributed by atoms with Gasteiger partial charge in [0, 0.05) is 24.3 Å². The van der Waals surface area contributed by atoms with Crippen LogP contribution in [0.4, 0.5) is 5.69 Å². The number of rotatable bonds is 4. The highest BCUT2D eigenvalue weighted by molar-refractivity contribution is 6.33. The van der Waals surface area contributed by atoms with Gasteiger partial charge in [-0.05, 0) is 23.8 Å². The predicted octanol–water partition coefficient (Wildman–Crippen LogP) is 4.44. The number of halogens is 2. The van der Waals surface area contributed by atoms with Crippen molar-refractivity contribution in [2.75, 3.05) is 11.9 Å². The standard InChI is InChI=1S/C15H13Cl2NO/c1-18(9-11-5-2-3-6-13(11)16)15-8-4-7-14(17)12(15)10-19/h2-8,10H,9H2,1H3. The molecule has 2 aromatic rings. The van der Waals surface area contributed by atoms with Crippen LogP contribution in [0.5, 0.6) is 0 Å². The maximum Gasteiger partial charge on any atom is 0.153 e. The molecule has 0 amide bonds. The highest BCUT2D eigenvalue weighted by atomic mass is 35.5. The van der Waals surface area contributed by atoms with Gasteiger partial charge in [-0.25, -0.2) is 0 Å². The average molecular weight is 294 g/mol. The van der Waals surface area contributed by atoms with Gasteiger partial charge < -0.3 is 4.90 Å². The predicted molar refractivity (Wildman–Crippen MR) is 80.4 cm³/mol. The molecule has 0 aliphatic carbocycles. The largest absolute Gasteiger partial charge is 0.370 e. The van der Waals surface area contributed by atoms with E-state index in [1.165, 1.54) is 0 Å². The molecular formula is C15H13Cl2NO. The third kappa shape index (κ3) is 3.09. The fourth-order valence-electron chi connectivity index (χ4n) is 1.94. The zero-order valence-electron chi connectivity index (χ0n) is 10.4. The normalized spacial score (nSPS) is 10.3. The van der Waals surface area contributed by atoms with Crippen molar-refractivity contribution in [3.63, 3.8) is 0 Å². The Morgan fingerprint density at radius 3 is 2.42 bits per heavy atom. The van der Waals surface area contributed by atoms with Gasteiger partial charge in [0.05, 0.1) is 10.6 Å². The Hall–Kier alpha value is -1.51. The summed E-state index contributed by atoms with van der Waals surface area (Å²) < 4.78 is 0. The van der Waals surface area contributed by atoms with Crippen LogP contribution in [0.15, 0.2) is 42.5 Å². The van der Waals surface area contributed by atoms with E-state index >= 15 is 0 Å². The number of hydrogen-bond donors (Lipinski definition) is 0. The lowest BCUT2D eigenvalue weighted by molar-refractivity contribution is 0.112. The topological polar surface area (TPSA) is 20.3 Å². The number of carbonyl (C=O) groups excluding carboxylic acids is 1. The van der Waals surface area contributed by atoms with Crippen LogP contribution in [0.25, 0.3) is 0 Å². The minimum Gasteiger partial charge on any atom is -0.370 e. The summed E-state index contributed by atoms with van der Waals surface area (Å²) in [6.45, 7) is 0.612. The average Bonchev–Trinajstić information content (AvgIpc) is 2.41. The Balaban J connectivity index is 2.30. The lowest BCUT2D eigenvalue weighted by atomic mass is 10.1. The Labute approximate surface area is 122 Å². The van der Waals surface area contributed by atoms with Gasteiger partial charge in [0.15, 0.2) is 6.29 Å². The number of nitrogens with zero attached hydrogens (tertiary/aromatic N) is 1. The maximum atomic E-state index is 11.1. The molecule has 4 heteroatoms. The minimum absolute atomic E-state index is 0.457. The fraction of sp³-hybridized carbons (Fsp3) is 0.133. The molecule has 0 aliphatic rings. The molecule has 0 unspecified atom stereocenters. The van der Waals surface area contributed by atoms with Crippen molar-refractivity contribution in [1.82, 2.24) is 0 Å². The van der Waals surface area contributed by atoms with Gasteiger partial charge in [-0.2, -0.15) is 0 Å². The van der Waals surface area contributed by atoms with E-state index in [0.29, 0.717) is 22.2 Å². The van der Waals surface area contributed by atoms with E-state index in [4.69, 9.17) is 23.2 Å². The van der Waals surface area contributed by atoms with Crippen LogP contribution in [-0.2, 0) is 6.54 Å². The van der Waals surface area contributed by atoms with Crippen LogP contribution in [0.2, 0.25) is 10.0 Å². The number of hydrogen-bond acceptors (Lipinski definition) is 2. The van der Waals surface area contributed by atoms with E-state index in [1.54, 1.807) is 6.07 Å². The van der Waals surface area contributed by atoms with Gasteiger partial charge in [0.1, 0.15) is 0 Å². The van der Waals surface area contributed by atoms with Gasteiger partial charge in [-0.3, -0.25) is 4.79 Å². The van der Waals surface area contributed by atoms with Crippen molar-refractivity contribution >= 4 is 35.2 Å². The molecule has 0 saturated carbocycles. The van der Waals surface area contributed by atoms with Gasteiger partial charge in [0.2, 0.25) is 0 Å². The molecule has 0 atom stereocenters. The quantitative estimate of drug-likeness (QED) is 0.777. The molecule has 2 nitrogen and oxygen atoms in total. The molecule has 0 fully saturated rings. The van der Waals surface area contributed by atoms with Gasteiger partial charge in [0.25, 0.3) is 0 Å². The number of aldehydes is 1. The van der Waals surface area contributed by atoms with Crippen LogP contribution < -0.4 is 4.90 Å². The molecule has 0 bridgehead atoms. The molecule has 0 aromatic heterocycles. The highest BCUT2D eigenvalue weighted by Crippen LogP contribution is 2.27. The summed E-state index contributed by atoms with van der Waals surface area (Å²) in [5.41, 5.74) is 2.30. The summed E-state index contributed by atoms with van der Waals surface area (Å²) in [7, 11) is 1.90. The zero-order valence-corrected chi connectivity index (χ0v) is 11.9. The first-order chi connectivity index (χ1) is 9.13. The van der Waals surface area contributed by atoms with Gasteiger partial charge in [-0.15, -0.1) is 0 Å². The molecule has 0 heterocycles. The number of carbonyl (C=O) groups is 1. The van der Waals surface area contributed by atoms with E-state index in [-0.39, 0.29) is 0 Å². The Morgan fingerprint density at radius 2 is 1.74 bits per heavy atom. The van der Waals surface area contributed by atoms with E-state index in [0.717, 1.165) is 17.5 Å². The zero-order chi connectivity index (χ0) is 13.8. The minimum atomic E-state index is 0.457.